The van der Waals surface area contributed by atoms with Crippen LogP contribution in [-0.2, 0) is 4.79 Å². The van der Waals surface area contributed by atoms with Crippen molar-refractivity contribution in [3.05, 3.63) is 47.1 Å². The number of nitrogens with zero attached hydrogens (tertiary/aromatic N) is 2. The topological polar surface area (TPSA) is 92.8 Å². The molecule has 1 aromatic carbocycles. The first-order valence-electron chi connectivity index (χ1n) is 12.7. The van der Waals surface area contributed by atoms with Crippen molar-refractivity contribution < 1.29 is 45.4 Å². The summed E-state index contributed by atoms with van der Waals surface area (Å²) in [5.74, 6) is -1.82. The van der Waals surface area contributed by atoms with Crippen LogP contribution in [0.3, 0.4) is 0 Å². The maximum absolute atomic E-state index is 13.1. The molecule has 1 unspecified atom stereocenters. The lowest BCUT2D eigenvalue weighted by Gasteiger charge is -2.40. The molecule has 2 aromatic rings. The number of piperidine rings is 1. The fourth-order valence-electron chi connectivity index (χ4n) is 5.08. The van der Waals surface area contributed by atoms with Crippen molar-refractivity contribution >= 4 is 29.2 Å². The second kappa shape index (κ2) is 11.5. The highest BCUT2D eigenvalue weighted by Gasteiger charge is 2.43. The van der Waals surface area contributed by atoms with Crippen LogP contribution in [0.2, 0.25) is 5.02 Å². The molecule has 3 heterocycles. The van der Waals surface area contributed by atoms with Crippen LogP contribution in [0.1, 0.15) is 49.9 Å². The van der Waals surface area contributed by atoms with Crippen molar-refractivity contribution in [2.45, 2.75) is 75.8 Å². The van der Waals surface area contributed by atoms with Crippen LogP contribution in [0.5, 0.6) is 11.5 Å². The first-order chi connectivity index (χ1) is 19.0. The standard InChI is InChI=1S/C26H27ClF6N4O4/c1-24(2,40-19-7-4-15(27)9-20(19)41-26(31,32)33)23(39)36-16-10-17-5-6-18(11-16)37(17)21-8-3-14(12-34-21)22(38)35-13-25(28,29)30/h3-4,7-9,12,16-18H,5-6,10-11,13H2,1-2H3,(H,35,38)(H,36,39)/t16?,17-,18+. The molecule has 2 saturated heterocycles. The predicted molar refractivity (Wildman–Crippen MR) is 136 cm³/mol. The lowest BCUT2D eigenvalue weighted by atomic mass is 9.96. The normalized spacial score (nSPS) is 20.9. The van der Waals surface area contributed by atoms with E-state index in [1.807, 2.05) is 0 Å². The third kappa shape index (κ3) is 7.86. The number of aromatic nitrogens is 1. The molecular formula is C26H27ClF6N4O4. The van der Waals surface area contributed by atoms with E-state index >= 15 is 0 Å². The van der Waals surface area contributed by atoms with Gasteiger partial charge in [-0.05, 0) is 63.8 Å². The van der Waals surface area contributed by atoms with Crippen LogP contribution < -0.4 is 25.0 Å². The molecule has 41 heavy (non-hydrogen) atoms. The van der Waals surface area contributed by atoms with Gasteiger partial charge in [0.15, 0.2) is 17.1 Å². The quantitative estimate of drug-likeness (QED) is 0.390. The van der Waals surface area contributed by atoms with Gasteiger partial charge in [-0.25, -0.2) is 4.98 Å². The van der Waals surface area contributed by atoms with E-state index in [-0.39, 0.29) is 34.5 Å². The Labute approximate surface area is 236 Å². The Morgan fingerprint density at radius 1 is 1.00 bits per heavy atom. The number of ether oxygens (including phenoxy) is 2. The van der Waals surface area contributed by atoms with Crippen molar-refractivity contribution in [3.63, 3.8) is 0 Å². The van der Waals surface area contributed by atoms with Gasteiger partial charge < -0.3 is 25.0 Å². The van der Waals surface area contributed by atoms with Crippen LogP contribution in [0.15, 0.2) is 36.5 Å². The molecule has 2 N–H and O–H groups in total. The van der Waals surface area contributed by atoms with Crippen molar-refractivity contribution in [1.82, 2.24) is 15.6 Å². The van der Waals surface area contributed by atoms with E-state index in [0.717, 1.165) is 18.9 Å². The van der Waals surface area contributed by atoms with E-state index in [1.165, 1.54) is 38.2 Å². The second-order valence-corrected chi connectivity index (χ2v) is 10.8. The highest BCUT2D eigenvalue weighted by Crippen LogP contribution is 2.40. The van der Waals surface area contributed by atoms with Crippen LogP contribution >= 0.6 is 11.6 Å². The molecule has 0 aliphatic carbocycles. The number of halogens is 7. The van der Waals surface area contributed by atoms with E-state index in [0.29, 0.717) is 18.7 Å². The zero-order valence-electron chi connectivity index (χ0n) is 21.9. The van der Waals surface area contributed by atoms with Gasteiger partial charge in [-0.2, -0.15) is 13.2 Å². The molecule has 15 heteroatoms. The van der Waals surface area contributed by atoms with Gasteiger partial charge in [-0.15, -0.1) is 13.2 Å². The third-order valence-corrected chi connectivity index (χ3v) is 7.07. The number of carbonyl (C=O) groups is 2. The summed E-state index contributed by atoms with van der Waals surface area (Å²) >= 11 is 5.80. The number of alkyl halides is 6. The van der Waals surface area contributed by atoms with Gasteiger partial charge in [-0.3, -0.25) is 9.59 Å². The van der Waals surface area contributed by atoms with Crippen LogP contribution in [0.4, 0.5) is 32.2 Å². The van der Waals surface area contributed by atoms with Crippen molar-refractivity contribution in [3.8, 4) is 11.5 Å². The lowest BCUT2D eigenvalue weighted by Crippen LogP contribution is -2.55. The summed E-state index contributed by atoms with van der Waals surface area (Å²) in [5, 5.41) is 4.74. The average molecular weight is 609 g/mol. The lowest BCUT2D eigenvalue weighted by molar-refractivity contribution is -0.275. The number of benzene rings is 1. The minimum absolute atomic E-state index is 0.000735. The van der Waals surface area contributed by atoms with Gasteiger partial charge in [0.25, 0.3) is 11.8 Å². The van der Waals surface area contributed by atoms with Crippen molar-refractivity contribution in [2.24, 2.45) is 0 Å². The number of carbonyl (C=O) groups excluding carboxylic acids is 2. The zero-order chi connectivity index (χ0) is 30.2. The van der Waals surface area contributed by atoms with E-state index < -0.39 is 42.2 Å². The summed E-state index contributed by atoms with van der Waals surface area (Å²) < 4.78 is 85.3. The molecule has 0 spiro atoms. The second-order valence-electron chi connectivity index (χ2n) is 10.4. The number of pyridine rings is 1. The predicted octanol–water partition coefficient (Wildman–Crippen LogP) is 5.40. The van der Waals surface area contributed by atoms with Crippen LogP contribution in [-0.4, -0.2) is 59.6 Å². The molecule has 2 aliphatic heterocycles. The third-order valence-electron chi connectivity index (χ3n) is 6.84. The Morgan fingerprint density at radius 3 is 2.22 bits per heavy atom. The number of hydrogen-bond donors (Lipinski definition) is 2. The Morgan fingerprint density at radius 2 is 1.66 bits per heavy atom. The summed E-state index contributed by atoms with van der Waals surface area (Å²) in [6, 6.07) is 6.20. The van der Waals surface area contributed by atoms with E-state index in [4.69, 9.17) is 16.3 Å². The summed E-state index contributed by atoms with van der Waals surface area (Å²) in [7, 11) is 0. The van der Waals surface area contributed by atoms with Crippen molar-refractivity contribution in [2.75, 3.05) is 11.4 Å². The number of rotatable bonds is 8. The number of nitrogens with one attached hydrogen (secondary N) is 2. The summed E-state index contributed by atoms with van der Waals surface area (Å²) in [6.07, 6.45) is -5.55. The molecule has 4 rings (SSSR count). The number of anilines is 1. The van der Waals surface area contributed by atoms with Gasteiger partial charge in [0.1, 0.15) is 12.4 Å². The average Bonchev–Trinajstić information content (AvgIpc) is 3.12. The van der Waals surface area contributed by atoms with Gasteiger partial charge in [0, 0.05) is 35.4 Å². The Kier molecular flexibility index (Phi) is 8.53. The summed E-state index contributed by atoms with van der Waals surface area (Å²) in [4.78, 5) is 31.5. The molecule has 0 saturated carbocycles. The molecule has 224 valence electrons. The van der Waals surface area contributed by atoms with E-state index in [1.54, 1.807) is 11.4 Å². The maximum Gasteiger partial charge on any atom is 0.573 e. The largest absolute Gasteiger partial charge is 0.573 e. The van der Waals surface area contributed by atoms with Gasteiger partial charge >= 0.3 is 12.5 Å². The molecule has 2 fully saturated rings. The minimum Gasteiger partial charge on any atom is -0.474 e. The van der Waals surface area contributed by atoms with Crippen molar-refractivity contribution in [1.29, 1.82) is 0 Å². The monoisotopic (exact) mass is 608 g/mol. The van der Waals surface area contributed by atoms with Gasteiger partial charge in [0.2, 0.25) is 0 Å². The van der Waals surface area contributed by atoms with Gasteiger partial charge in [0.05, 0.1) is 5.56 Å². The zero-order valence-corrected chi connectivity index (χ0v) is 22.7. The summed E-state index contributed by atoms with van der Waals surface area (Å²) in [5.41, 5.74) is -1.56. The fourth-order valence-corrected chi connectivity index (χ4v) is 5.24. The highest BCUT2D eigenvalue weighted by molar-refractivity contribution is 6.30. The van der Waals surface area contributed by atoms with Crippen LogP contribution in [0.25, 0.3) is 0 Å². The Hall–Kier alpha value is -3.42. The molecule has 2 amide bonds. The van der Waals surface area contributed by atoms with Crippen LogP contribution in [0, 0.1) is 0 Å². The molecule has 1 aromatic heterocycles. The number of fused-ring (bicyclic) bond motifs is 2. The number of hydrogen-bond acceptors (Lipinski definition) is 6. The molecule has 0 radical (unpaired) electrons. The SMILES string of the molecule is CC(C)(Oc1ccc(Cl)cc1OC(F)(F)F)C(=O)NC1C[C@H]2CC[C@@H](C1)N2c1ccc(C(=O)NCC(F)(F)F)cn1. The molecule has 3 atom stereocenters. The fraction of sp³-hybridized carbons (Fsp3) is 0.500. The van der Waals surface area contributed by atoms with E-state index in [9.17, 15) is 35.9 Å². The minimum atomic E-state index is -4.99. The molecule has 2 bridgehead atoms. The smallest absolute Gasteiger partial charge is 0.474 e. The summed E-state index contributed by atoms with van der Waals surface area (Å²) in [6.45, 7) is 1.41. The Balaban J connectivity index is 1.37. The molecule has 8 nitrogen and oxygen atoms in total. The molecular weight excluding hydrogens is 582 g/mol. The Bertz CT molecular complexity index is 1260. The molecule has 2 aliphatic rings. The van der Waals surface area contributed by atoms with E-state index in [2.05, 4.69) is 19.9 Å². The van der Waals surface area contributed by atoms with Gasteiger partial charge in [-0.1, -0.05) is 11.6 Å². The first kappa shape index (κ1) is 30.5. The maximum atomic E-state index is 13.1. The first-order valence-corrected chi connectivity index (χ1v) is 13.0. The highest BCUT2D eigenvalue weighted by atomic mass is 35.5. The number of amides is 2.